The molecular weight excluding hydrogens is 458 g/mol. The van der Waals surface area contributed by atoms with Gasteiger partial charge in [0, 0.05) is 6.54 Å². The number of benzene rings is 1. The smallest absolute Gasteiger partial charge is 0.255 e. The van der Waals surface area contributed by atoms with Gasteiger partial charge in [-0.15, -0.1) is 0 Å². The third-order valence-electron chi connectivity index (χ3n) is 7.19. The lowest BCUT2D eigenvalue weighted by atomic mass is 9.80. The monoisotopic (exact) mass is 495 g/mol. The molecule has 8 nitrogen and oxygen atoms in total. The first kappa shape index (κ1) is 26.1. The number of carbonyl (C=O) groups excluding carboxylic acids is 3. The second-order valence-corrected chi connectivity index (χ2v) is 10.7. The highest BCUT2D eigenvalue weighted by Gasteiger charge is 2.40. The van der Waals surface area contributed by atoms with E-state index in [0.29, 0.717) is 18.5 Å². The summed E-state index contributed by atoms with van der Waals surface area (Å²) in [5, 5.41) is 5.80. The Labute approximate surface area is 212 Å². The fourth-order valence-corrected chi connectivity index (χ4v) is 5.01. The molecule has 3 unspecified atom stereocenters. The first-order valence-corrected chi connectivity index (χ1v) is 12.8. The summed E-state index contributed by atoms with van der Waals surface area (Å²) >= 11 is 0. The van der Waals surface area contributed by atoms with Crippen LogP contribution in [0.25, 0.3) is 0 Å². The van der Waals surface area contributed by atoms with Crippen molar-refractivity contribution < 1.29 is 23.5 Å². The molecule has 4 rings (SSSR count). The van der Waals surface area contributed by atoms with E-state index in [1.807, 2.05) is 18.2 Å². The fourth-order valence-electron chi connectivity index (χ4n) is 5.01. The third-order valence-corrected chi connectivity index (χ3v) is 7.19. The van der Waals surface area contributed by atoms with Crippen LogP contribution in [0.1, 0.15) is 55.5 Å². The zero-order valence-corrected chi connectivity index (χ0v) is 21.2. The summed E-state index contributed by atoms with van der Waals surface area (Å²) in [5.41, 5.74) is 1.33. The molecule has 2 aliphatic heterocycles. The highest BCUT2D eigenvalue weighted by Crippen LogP contribution is 2.29. The maximum atomic E-state index is 13.5. The number of likely N-dealkylation sites (tertiary alicyclic amines) is 1. The Morgan fingerprint density at radius 1 is 1.14 bits per heavy atom. The van der Waals surface area contributed by atoms with Crippen LogP contribution in [0.15, 0.2) is 53.3 Å². The van der Waals surface area contributed by atoms with Gasteiger partial charge in [-0.1, -0.05) is 44.2 Å². The highest BCUT2D eigenvalue weighted by molar-refractivity contribution is 5.98. The van der Waals surface area contributed by atoms with Crippen molar-refractivity contribution in [1.82, 2.24) is 15.5 Å². The first-order chi connectivity index (χ1) is 17.3. The Bertz CT molecular complexity index is 1020. The topological polar surface area (TPSA) is 101 Å². The molecule has 0 aliphatic carbocycles. The van der Waals surface area contributed by atoms with E-state index in [0.717, 1.165) is 38.8 Å². The lowest BCUT2D eigenvalue weighted by molar-refractivity contribution is -0.128. The largest absolute Gasteiger partial charge is 0.472 e. The number of nitrogens with zero attached hydrogens (tertiary/aromatic N) is 1. The quantitative estimate of drug-likeness (QED) is 0.497. The third kappa shape index (κ3) is 7.04. The van der Waals surface area contributed by atoms with Gasteiger partial charge in [0.25, 0.3) is 5.91 Å². The molecule has 1 aromatic carbocycles. The fraction of sp³-hybridized carbons (Fsp3) is 0.536. The zero-order chi connectivity index (χ0) is 25.5. The van der Waals surface area contributed by atoms with Crippen LogP contribution in [-0.4, -0.2) is 66.9 Å². The second kappa shape index (κ2) is 11.8. The summed E-state index contributed by atoms with van der Waals surface area (Å²) in [5.74, 6) is -0.879. The van der Waals surface area contributed by atoms with Crippen molar-refractivity contribution in [2.75, 3.05) is 26.2 Å². The molecule has 3 atom stereocenters. The van der Waals surface area contributed by atoms with Crippen LogP contribution in [0, 0.1) is 5.41 Å². The van der Waals surface area contributed by atoms with Gasteiger partial charge in [-0.2, -0.15) is 0 Å². The van der Waals surface area contributed by atoms with Gasteiger partial charge in [0.2, 0.25) is 5.91 Å². The minimum Gasteiger partial charge on any atom is -0.472 e. The summed E-state index contributed by atoms with van der Waals surface area (Å²) in [6, 6.07) is 10.3. The molecule has 2 fully saturated rings. The average Bonchev–Trinajstić information content (AvgIpc) is 3.63. The Morgan fingerprint density at radius 2 is 1.89 bits per heavy atom. The second-order valence-electron chi connectivity index (χ2n) is 10.7. The van der Waals surface area contributed by atoms with E-state index >= 15 is 0 Å². The molecule has 3 heterocycles. The first-order valence-electron chi connectivity index (χ1n) is 12.8. The molecule has 2 aliphatic rings. The number of rotatable bonds is 11. The maximum Gasteiger partial charge on any atom is 0.255 e. The summed E-state index contributed by atoms with van der Waals surface area (Å²) in [6.07, 6.45) is 6.80. The van der Waals surface area contributed by atoms with E-state index in [-0.39, 0.29) is 35.7 Å². The van der Waals surface area contributed by atoms with Crippen LogP contribution in [0.4, 0.5) is 0 Å². The molecular formula is C28H37N3O5. The van der Waals surface area contributed by atoms with Gasteiger partial charge in [0.1, 0.15) is 25.0 Å². The number of ether oxygens (including phenoxy) is 1. The van der Waals surface area contributed by atoms with E-state index < -0.39 is 12.1 Å². The van der Waals surface area contributed by atoms with Gasteiger partial charge < -0.3 is 24.7 Å². The SMILES string of the molecule is CC(C)(CCc1ccccc1)CC(NC(=O)c1ccoc1)C(=O)NC1C(=O)COC1CN1CCCC1. The summed E-state index contributed by atoms with van der Waals surface area (Å²) in [4.78, 5) is 41.2. The van der Waals surface area contributed by atoms with E-state index in [1.54, 1.807) is 6.07 Å². The summed E-state index contributed by atoms with van der Waals surface area (Å²) in [6.45, 7) is 6.77. The van der Waals surface area contributed by atoms with Crippen LogP contribution < -0.4 is 10.6 Å². The number of furan rings is 1. The number of aryl methyl sites for hydroxylation is 1. The van der Waals surface area contributed by atoms with Gasteiger partial charge in [0.05, 0.1) is 17.9 Å². The number of ketones is 1. The van der Waals surface area contributed by atoms with Crippen molar-refractivity contribution in [3.8, 4) is 0 Å². The molecule has 0 spiro atoms. The molecule has 2 aromatic rings. The highest BCUT2D eigenvalue weighted by atomic mass is 16.5. The van der Waals surface area contributed by atoms with Gasteiger partial charge in [-0.05, 0) is 62.2 Å². The van der Waals surface area contributed by atoms with E-state index in [9.17, 15) is 14.4 Å². The minimum absolute atomic E-state index is 0.00192. The van der Waals surface area contributed by atoms with Crippen molar-refractivity contribution in [2.45, 2.75) is 64.1 Å². The zero-order valence-electron chi connectivity index (χ0n) is 21.2. The number of hydrogen-bond acceptors (Lipinski definition) is 6. The lowest BCUT2D eigenvalue weighted by Crippen LogP contribution is -2.55. The number of carbonyl (C=O) groups is 3. The molecule has 0 saturated carbocycles. The number of nitrogens with one attached hydrogen (secondary N) is 2. The summed E-state index contributed by atoms with van der Waals surface area (Å²) in [7, 11) is 0. The lowest BCUT2D eigenvalue weighted by Gasteiger charge is -2.31. The molecule has 1 aromatic heterocycles. The van der Waals surface area contributed by atoms with Crippen LogP contribution >= 0.6 is 0 Å². The minimum atomic E-state index is -0.806. The van der Waals surface area contributed by atoms with Gasteiger partial charge >= 0.3 is 0 Å². The Morgan fingerprint density at radius 3 is 2.58 bits per heavy atom. The molecule has 2 amide bonds. The predicted molar refractivity (Wildman–Crippen MR) is 135 cm³/mol. The van der Waals surface area contributed by atoms with Crippen molar-refractivity contribution in [3.63, 3.8) is 0 Å². The molecule has 0 bridgehead atoms. The van der Waals surface area contributed by atoms with Crippen LogP contribution in [0.2, 0.25) is 0 Å². The van der Waals surface area contributed by atoms with E-state index in [4.69, 9.17) is 9.15 Å². The Balaban J connectivity index is 1.44. The summed E-state index contributed by atoms with van der Waals surface area (Å²) < 4.78 is 10.8. The van der Waals surface area contributed by atoms with Crippen LogP contribution in [-0.2, 0) is 20.7 Å². The van der Waals surface area contributed by atoms with Crippen molar-refractivity contribution in [3.05, 3.63) is 60.1 Å². The molecule has 194 valence electrons. The number of hydrogen-bond donors (Lipinski definition) is 2. The number of amides is 2. The van der Waals surface area contributed by atoms with Gasteiger partial charge in [-0.25, -0.2) is 0 Å². The van der Waals surface area contributed by atoms with Crippen molar-refractivity contribution >= 4 is 17.6 Å². The maximum absolute atomic E-state index is 13.5. The van der Waals surface area contributed by atoms with Crippen LogP contribution in [0.3, 0.4) is 0 Å². The molecule has 36 heavy (non-hydrogen) atoms. The van der Waals surface area contributed by atoms with Gasteiger partial charge in [0.15, 0.2) is 5.78 Å². The average molecular weight is 496 g/mol. The molecule has 8 heteroatoms. The van der Waals surface area contributed by atoms with Crippen molar-refractivity contribution in [1.29, 1.82) is 0 Å². The molecule has 2 N–H and O–H groups in total. The van der Waals surface area contributed by atoms with E-state index in [2.05, 4.69) is 41.5 Å². The van der Waals surface area contributed by atoms with Crippen molar-refractivity contribution in [2.24, 2.45) is 5.41 Å². The number of Topliss-reactive ketones (excluding diaryl/α,β-unsaturated/α-hetero) is 1. The normalized spacial score (nSPS) is 21.4. The Hall–Kier alpha value is -2.97. The Kier molecular flexibility index (Phi) is 8.59. The standard InChI is InChI=1S/C28H37N3O5/c1-28(2,12-10-20-8-4-3-5-9-20)16-22(29-26(33)21-11-15-35-18-21)27(34)30-25-23(32)19-36-24(25)17-31-13-6-7-14-31/h3-5,8-9,11,15,18,22,24-25H,6-7,10,12-14,16-17,19H2,1-2H3,(H,29,33)(H,30,34). The molecule has 0 radical (unpaired) electrons. The van der Waals surface area contributed by atoms with E-state index in [1.165, 1.54) is 18.1 Å². The molecule has 2 saturated heterocycles. The van der Waals surface area contributed by atoms with Crippen LogP contribution in [0.5, 0.6) is 0 Å². The predicted octanol–water partition coefficient (Wildman–Crippen LogP) is 2.98. The van der Waals surface area contributed by atoms with Gasteiger partial charge in [-0.3, -0.25) is 14.4 Å².